The Hall–Kier alpha value is -2.64. The highest BCUT2D eigenvalue weighted by atomic mass is 16.3. The van der Waals surface area contributed by atoms with Gasteiger partial charge in [0.2, 0.25) is 0 Å². The molecular formula is C18H18N2O2. The fourth-order valence-corrected chi connectivity index (χ4v) is 2.24. The molecule has 0 spiro atoms. The topological polar surface area (TPSA) is 73.1 Å². The van der Waals surface area contributed by atoms with Crippen LogP contribution in [0.1, 0.15) is 40.9 Å². The summed E-state index contributed by atoms with van der Waals surface area (Å²) >= 11 is 0. The summed E-state index contributed by atoms with van der Waals surface area (Å²) in [5.74, 6) is -0.245. The number of nitrogens with zero attached hydrogens (tertiary/aromatic N) is 1. The number of carbonyl (C=O) groups is 1. The van der Waals surface area contributed by atoms with Gasteiger partial charge in [0.1, 0.15) is 0 Å². The number of carbonyl (C=O) groups excluding carboxylic acids is 1. The normalized spacial score (nSPS) is 13.0. The maximum Gasteiger partial charge on any atom is 0.251 e. The van der Waals surface area contributed by atoms with Crippen molar-refractivity contribution in [1.29, 1.82) is 5.26 Å². The summed E-state index contributed by atoms with van der Waals surface area (Å²) in [5, 5.41) is 21.9. The maximum atomic E-state index is 12.1. The molecule has 0 radical (unpaired) electrons. The lowest BCUT2D eigenvalue weighted by atomic mass is 10.0. The molecule has 2 rings (SSSR count). The summed E-state index contributed by atoms with van der Waals surface area (Å²) in [6.45, 7) is 1.85. The molecule has 1 amide bonds. The average molecular weight is 294 g/mol. The summed E-state index contributed by atoms with van der Waals surface area (Å²) in [7, 11) is 0. The number of amides is 1. The standard InChI is InChI=1S/C18H18N2O2/c1-13(10-17(21)15-7-3-2-4-8-15)20-18(22)16-9-5-6-14(11-16)12-19/h2-9,11,13,17,21H,10H2,1H3,(H,20,22)/t13-,17-/m0/s1. The van der Waals surface area contributed by atoms with Crippen molar-refractivity contribution in [2.45, 2.75) is 25.5 Å². The molecule has 2 N–H and O–H groups in total. The van der Waals surface area contributed by atoms with Gasteiger partial charge in [-0.25, -0.2) is 0 Å². The van der Waals surface area contributed by atoms with Crippen LogP contribution in [0.25, 0.3) is 0 Å². The zero-order chi connectivity index (χ0) is 15.9. The molecule has 0 aliphatic carbocycles. The van der Waals surface area contributed by atoms with Crippen LogP contribution in [0.2, 0.25) is 0 Å². The second-order valence-corrected chi connectivity index (χ2v) is 5.23. The Kier molecular flexibility index (Phi) is 5.29. The minimum atomic E-state index is -0.623. The number of hydrogen-bond acceptors (Lipinski definition) is 3. The van der Waals surface area contributed by atoms with Gasteiger partial charge in [0, 0.05) is 11.6 Å². The van der Waals surface area contributed by atoms with Gasteiger partial charge >= 0.3 is 0 Å². The first kappa shape index (κ1) is 15.7. The first-order valence-electron chi connectivity index (χ1n) is 7.14. The van der Waals surface area contributed by atoms with Crippen molar-refractivity contribution in [1.82, 2.24) is 5.32 Å². The number of rotatable bonds is 5. The molecule has 2 aromatic rings. The lowest BCUT2D eigenvalue weighted by Gasteiger charge is -2.18. The molecule has 0 heterocycles. The van der Waals surface area contributed by atoms with E-state index >= 15 is 0 Å². The van der Waals surface area contributed by atoms with Crippen LogP contribution in [0.5, 0.6) is 0 Å². The quantitative estimate of drug-likeness (QED) is 0.890. The Balaban J connectivity index is 1.95. The Bertz CT molecular complexity index is 677. The predicted octanol–water partition coefficient (Wildman–Crippen LogP) is 2.80. The van der Waals surface area contributed by atoms with Crippen molar-refractivity contribution in [3.63, 3.8) is 0 Å². The summed E-state index contributed by atoms with van der Waals surface area (Å²) in [4.78, 5) is 12.1. The zero-order valence-electron chi connectivity index (χ0n) is 12.4. The van der Waals surface area contributed by atoms with Crippen LogP contribution in [-0.4, -0.2) is 17.1 Å². The smallest absolute Gasteiger partial charge is 0.251 e. The van der Waals surface area contributed by atoms with Crippen molar-refractivity contribution in [3.8, 4) is 6.07 Å². The molecule has 22 heavy (non-hydrogen) atoms. The van der Waals surface area contributed by atoms with E-state index < -0.39 is 6.10 Å². The molecule has 0 aliphatic heterocycles. The van der Waals surface area contributed by atoms with Gasteiger partial charge in [0.05, 0.1) is 17.7 Å². The van der Waals surface area contributed by atoms with Crippen LogP contribution in [-0.2, 0) is 0 Å². The van der Waals surface area contributed by atoms with Crippen LogP contribution in [0.4, 0.5) is 0 Å². The number of aliphatic hydroxyl groups is 1. The average Bonchev–Trinajstić information content (AvgIpc) is 2.55. The second kappa shape index (κ2) is 7.39. The van der Waals surface area contributed by atoms with Gasteiger partial charge in [-0.2, -0.15) is 5.26 Å². The van der Waals surface area contributed by atoms with E-state index in [1.807, 2.05) is 43.3 Å². The molecule has 112 valence electrons. The van der Waals surface area contributed by atoms with Crippen molar-refractivity contribution in [2.75, 3.05) is 0 Å². The van der Waals surface area contributed by atoms with Gasteiger partial charge in [-0.15, -0.1) is 0 Å². The van der Waals surface area contributed by atoms with Crippen LogP contribution in [0, 0.1) is 11.3 Å². The third kappa shape index (κ3) is 4.18. The van der Waals surface area contributed by atoms with Gasteiger partial charge in [-0.3, -0.25) is 4.79 Å². The predicted molar refractivity (Wildman–Crippen MR) is 84.1 cm³/mol. The maximum absolute atomic E-state index is 12.1. The molecule has 2 aromatic carbocycles. The Labute approximate surface area is 130 Å². The third-order valence-corrected chi connectivity index (χ3v) is 3.39. The zero-order valence-corrected chi connectivity index (χ0v) is 12.4. The van der Waals surface area contributed by atoms with E-state index in [-0.39, 0.29) is 11.9 Å². The highest BCUT2D eigenvalue weighted by molar-refractivity contribution is 5.94. The lowest BCUT2D eigenvalue weighted by molar-refractivity contribution is 0.0917. The number of nitrogens with one attached hydrogen (secondary N) is 1. The van der Waals surface area contributed by atoms with Crippen molar-refractivity contribution >= 4 is 5.91 Å². The third-order valence-electron chi connectivity index (χ3n) is 3.39. The van der Waals surface area contributed by atoms with Gasteiger partial charge < -0.3 is 10.4 Å². The van der Waals surface area contributed by atoms with Crippen molar-refractivity contribution < 1.29 is 9.90 Å². The van der Waals surface area contributed by atoms with Gasteiger partial charge in [0.15, 0.2) is 0 Å². The highest BCUT2D eigenvalue weighted by Crippen LogP contribution is 2.18. The van der Waals surface area contributed by atoms with Crippen molar-refractivity contribution in [3.05, 3.63) is 71.3 Å². The molecule has 0 saturated heterocycles. The van der Waals surface area contributed by atoms with E-state index in [4.69, 9.17) is 5.26 Å². The van der Waals surface area contributed by atoms with Gasteiger partial charge in [-0.1, -0.05) is 36.4 Å². The first-order chi connectivity index (χ1) is 10.6. The van der Waals surface area contributed by atoms with Crippen LogP contribution >= 0.6 is 0 Å². The molecule has 0 bridgehead atoms. The first-order valence-corrected chi connectivity index (χ1v) is 7.14. The van der Waals surface area contributed by atoms with Crippen LogP contribution < -0.4 is 5.32 Å². The number of benzene rings is 2. The lowest BCUT2D eigenvalue weighted by Crippen LogP contribution is -2.33. The molecule has 0 aromatic heterocycles. The van der Waals surface area contributed by atoms with Gasteiger partial charge in [-0.05, 0) is 37.1 Å². The van der Waals surface area contributed by atoms with E-state index in [0.29, 0.717) is 17.5 Å². The number of hydrogen-bond donors (Lipinski definition) is 2. The molecule has 4 nitrogen and oxygen atoms in total. The molecule has 4 heteroatoms. The molecule has 0 fully saturated rings. The van der Waals surface area contributed by atoms with E-state index in [0.717, 1.165) is 5.56 Å². The fraction of sp³-hybridized carbons (Fsp3) is 0.222. The van der Waals surface area contributed by atoms with Gasteiger partial charge in [0.25, 0.3) is 5.91 Å². The minimum Gasteiger partial charge on any atom is -0.388 e. The molecular weight excluding hydrogens is 276 g/mol. The molecule has 0 unspecified atom stereocenters. The summed E-state index contributed by atoms with van der Waals surface area (Å²) in [5.41, 5.74) is 1.72. The Morgan fingerprint density at radius 2 is 1.95 bits per heavy atom. The highest BCUT2D eigenvalue weighted by Gasteiger charge is 2.15. The molecule has 2 atom stereocenters. The summed E-state index contributed by atoms with van der Waals surface area (Å²) in [6, 6.07) is 17.7. The van der Waals surface area contributed by atoms with E-state index in [2.05, 4.69) is 5.32 Å². The second-order valence-electron chi connectivity index (χ2n) is 5.23. The number of nitriles is 1. The van der Waals surface area contributed by atoms with E-state index in [1.165, 1.54) is 0 Å². The summed E-state index contributed by atoms with van der Waals surface area (Å²) in [6.07, 6.45) is -0.199. The summed E-state index contributed by atoms with van der Waals surface area (Å²) < 4.78 is 0. The number of aliphatic hydroxyl groups excluding tert-OH is 1. The van der Waals surface area contributed by atoms with Crippen LogP contribution in [0.15, 0.2) is 54.6 Å². The monoisotopic (exact) mass is 294 g/mol. The Morgan fingerprint density at radius 3 is 2.64 bits per heavy atom. The van der Waals surface area contributed by atoms with Crippen molar-refractivity contribution in [2.24, 2.45) is 0 Å². The molecule has 0 saturated carbocycles. The SMILES string of the molecule is C[C@@H](C[C@H](O)c1ccccc1)NC(=O)c1cccc(C#N)c1. The van der Waals surface area contributed by atoms with E-state index in [1.54, 1.807) is 24.3 Å². The van der Waals surface area contributed by atoms with E-state index in [9.17, 15) is 9.90 Å². The largest absolute Gasteiger partial charge is 0.388 e. The fourth-order valence-electron chi connectivity index (χ4n) is 2.24. The van der Waals surface area contributed by atoms with Crippen LogP contribution in [0.3, 0.4) is 0 Å². The Morgan fingerprint density at radius 1 is 1.23 bits per heavy atom. The minimum absolute atomic E-state index is 0.187. The molecule has 0 aliphatic rings.